The van der Waals surface area contributed by atoms with Gasteiger partial charge in [0, 0.05) is 26.7 Å². The van der Waals surface area contributed by atoms with Gasteiger partial charge in [0.05, 0.1) is 6.10 Å². The predicted molar refractivity (Wildman–Crippen MR) is 50.1 cm³/mol. The molecule has 0 aliphatic heterocycles. The lowest BCUT2D eigenvalue weighted by Crippen LogP contribution is -2.36. The number of hydrogen-bond donors (Lipinski definition) is 1. The molecule has 1 aliphatic rings. The van der Waals surface area contributed by atoms with Crippen molar-refractivity contribution in [2.75, 3.05) is 33.8 Å². The summed E-state index contributed by atoms with van der Waals surface area (Å²) in [6.07, 6.45) is 3.02. The molecule has 1 rings (SSSR count). The Morgan fingerprint density at radius 1 is 1.58 bits per heavy atom. The number of rotatable bonds is 6. The quantitative estimate of drug-likeness (QED) is 0.626. The third-order valence-corrected chi connectivity index (χ3v) is 2.38. The Balaban J connectivity index is 2.09. The van der Waals surface area contributed by atoms with Crippen molar-refractivity contribution in [3.05, 3.63) is 0 Å². The van der Waals surface area contributed by atoms with Gasteiger partial charge >= 0.3 is 0 Å². The summed E-state index contributed by atoms with van der Waals surface area (Å²) in [4.78, 5) is 2.32. The first kappa shape index (κ1) is 9.96. The summed E-state index contributed by atoms with van der Waals surface area (Å²) in [5.74, 6) is 0.949. The van der Waals surface area contributed by atoms with Crippen LogP contribution in [0, 0.1) is 5.92 Å². The second kappa shape index (κ2) is 4.80. The normalized spacial score (nSPS) is 20.0. The molecule has 0 amide bonds. The number of likely N-dealkylation sites (N-methyl/N-ethyl adjacent to an activating group) is 1. The first-order valence-corrected chi connectivity index (χ1v) is 4.67. The second-order valence-corrected chi connectivity index (χ2v) is 3.76. The van der Waals surface area contributed by atoms with Crippen molar-refractivity contribution >= 4 is 0 Å². The Morgan fingerprint density at radius 2 is 2.25 bits per heavy atom. The summed E-state index contributed by atoms with van der Waals surface area (Å²) in [6.45, 7) is 2.79. The van der Waals surface area contributed by atoms with E-state index in [0.29, 0.717) is 6.54 Å². The van der Waals surface area contributed by atoms with E-state index in [4.69, 9.17) is 10.5 Å². The number of ether oxygens (including phenoxy) is 1. The van der Waals surface area contributed by atoms with Crippen LogP contribution >= 0.6 is 0 Å². The highest BCUT2D eigenvalue weighted by Crippen LogP contribution is 2.29. The average molecular weight is 172 g/mol. The minimum atomic E-state index is 0.203. The Bertz CT molecular complexity index is 122. The average Bonchev–Trinajstić information content (AvgIpc) is 2.84. The van der Waals surface area contributed by atoms with Crippen molar-refractivity contribution in [3.8, 4) is 0 Å². The third kappa shape index (κ3) is 3.52. The molecular formula is C9H20N2O. The molecule has 0 heterocycles. The van der Waals surface area contributed by atoms with Crippen LogP contribution in [-0.4, -0.2) is 44.8 Å². The smallest absolute Gasteiger partial charge is 0.0820 e. The standard InChI is InChI=1S/C9H20N2O/c1-11(6-8-3-4-8)7-9(5-10)12-2/h8-9H,3-7,10H2,1-2H3. The number of hydrogen-bond acceptors (Lipinski definition) is 3. The van der Waals surface area contributed by atoms with Crippen LogP contribution in [0.5, 0.6) is 0 Å². The van der Waals surface area contributed by atoms with Gasteiger partial charge in [-0.05, 0) is 25.8 Å². The maximum Gasteiger partial charge on any atom is 0.0820 e. The predicted octanol–water partition coefficient (Wildman–Crippen LogP) is 0.302. The van der Waals surface area contributed by atoms with Crippen LogP contribution in [0.2, 0.25) is 0 Å². The highest BCUT2D eigenvalue weighted by Gasteiger charge is 2.23. The Hall–Kier alpha value is -0.120. The van der Waals surface area contributed by atoms with Gasteiger partial charge in [0.15, 0.2) is 0 Å². The Labute approximate surface area is 74.9 Å². The zero-order chi connectivity index (χ0) is 8.97. The molecule has 1 aliphatic carbocycles. The molecule has 1 fully saturated rings. The fraction of sp³-hybridized carbons (Fsp3) is 1.00. The lowest BCUT2D eigenvalue weighted by molar-refractivity contribution is 0.0769. The van der Waals surface area contributed by atoms with Gasteiger partial charge in [0.25, 0.3) is 0 Å². The van der Waals surface area contributed by atoms with E-state index in [2.05, 4.69) is 11.9 Å². The first-order chi connectivity index (χ1) is 5.76. The third-order valence-electron chi connectivity index (χ3n) is 2.38. The van der Waals surface area contributed by atoms with Crippen molar-refractivity contribution in [3.63, 3.8) is 0 Å². The first-order valence-electron chi connectivity index (χ1n) is 4.67. The van der Waals surface area contributed by atoms with Gasteiger partial charge in [-0.1, -0.05) is 0 Å². The van der Waals surface area contributed by atoms with Gasteiger partial charge in [-0.3, -0.25) is 0 Å². The van der Waals surface area contributed by atoms with E-state index in [-0.39, 0.29) is 6.10 Å². The van der Waals surface area contributed by atoms with Crippen molar-refractivity contribution in [2.24, 2.45) is 11.7 Å². The summed E-state index contributed by atoms with van der Waals surface area (Å²) in [5.41, 5.74) is 5.53. The van der Waals surface area contributed by atoms with Gasteiger partial charge in [-0.25, -0.2) is 0 Å². The van der Waals surface area contributed by atoms with Crippen LogP contribution in [0.4, 0.5) is 0 Å². The van der Waals surface area contributed by atoms with Crippen molar-refractivity contribution in [1.29, 1.82) is 0 Å². The van der Waals surface area contributed by atoms with Gasteiger partial charge in [0.2, 0.25) is 0 Å². The molecule has 0 radical (unpaired) electrons. The zero-order valence-electron chi connectivity index (χ0n) is 8.12. The molecule has 1 unspecified atom stereocenters. The topological polar surface area (TPSA) is 38.5 Å². The summed E-state index contributed by atoms with van der Waals surface area (Å²) in [6, 6.07) is 0. The molecule has 0 spiro atoms. The lowest BCUT2D eigenvalue weighted by atomic mass is 10.3. The van der Waals surface area contributed by atoms with Gasteiger partial charge < -0.3 is 15.4 Å². The molecule has 0 saturated heterocycles. The summed E-state index contributed by atoms with van der Waals surface area (Å²) in [5, 5.41) is 0. The molecule has 12 heavy (non-hydrogen) atoms. The van der Waals surface area contributed by atoms with Crippen molar-refractivity contribution < 1.29 is 4.74 Å². The molecule has 0 bridgehead atoms. The molecule has 3 nitrogen and oxygen atoms in total. The minimum Gasteiger partial charge on any atom is -0.379 e. The minimum absolute atomic E-state index is 0.203. The van der Waals surface area contributed by atoms with Crippen LogP contribution in [0.15, 0.2) is 0 Å². The lowest BCUT2D eigenvalue weighted by Gasteiger charge is -2.21. The fourth-order valence-corrected chi connectivity index (χ4v) is 1.41. The molecule has 3 heteroatoms. The zero-order valence-corrected chi connectivity index (χ0v) is 8.12. The maximum absolute atomic E-state index is 5.53. The van der Waals surface area contributed by atoms with E-state index in [0.717, 1.165) is 12.5 Å². The number of methoxy groups -OCH3 is 1. The molecule has 1 atom stereocenters. The summed E-state index contributed by atoms with van der Waals surface area (Å²) >= 11 is 0. The number of nitrogens with zero attached hydrogens (tertiary/aromatic N) is 1. The van der Waals surface area contributed by atoms with E-state index in [1.165, 1.54) is 19.4 Å². The van der Waals surface area contributed by atoms with Crippen molar-refractivity contribution in [2.45, 2.75) is 18.9 Å². The van der Waals surface area contributed by atoms with Crippen LogP contribution in [0.3, 0.4) is 0 Å². The van der Waals surface area contributed by atoms with E-state index < -0.39 is 0 Å². The van der Waals surface area contributed by atoms with Crippen LogP contribution < -0.4 is 5.73 Å². The molecule has 2 N–H and O–H groups in total. The monoisotopic (exact) mass is 172 g/mol. The maximum atomic E-state index is 5.53. The van der Waals surface area contributed by atoms with E-state index >= 15 is 0 Å². The van der Waals surface area contributed by atoms with Gasteiger partial charge in [-0.2, -0.15) is 0 Å². The fourth-order valence-electron chi connectivity index (χ4n) is 1.41. The molecule has 0 aromatic rings. The summed E-state index contributed by atoms with van der Waals surface area (Å²) in [7, 11) is 3.86. The largest absolute Gasteiger partial charge is 0.379 e. The van der Waals surface area contributed by atoms with Crippen LogP contribution in [0.25, 0.3) is 0 Å². The highest BCUT2D eigenvalue weighted by atomic mass is 16.5. The Morgan fingerprint density at radius 3 is 2.67 bits per heavy atom. The van der Waals surface area contributed by atoms with Crippen LogP contribution in [0.1, 0.15) is 12.8 Å². The molecule has 0 aromatic heterocycles. The SMILES string of the molecule is COC(CN)CN(C)CC1CC1. The second-order valence-electron chi connectivity index (χ2n) is 3.76. The van der Waals surface area contributed by atoms with Crippen LogP contribution in [-0.2, 0) is 4.74 Å². The molecule has 72 valence electrons. The summed E-state index contributed by atoms with van der Waals surface area (Å²) < 4.78 is 5.21. The van der Waals surface area contributed by atoms with E-state index in [9.17, 15) is 0 Å². The van der Waals surface area contributed by atoms with E-state index in [1.54, 1.807) is 7.11 Å². The molecule has 0 aromatic carbocycles. The highest BCUT2D eigenvalue weighted by molar-refractivity contribution is 4.77. The van der Waals surface area contributed by atoms with Crippen molar-refractivity contribution in [1.82, 2.24) is 4.90 Å². The Kier molecular flexibility index (Phi) is 3.98. The van der Waals surface area contributed by atoms with E-state index in [1.807, 2.05) is 0 Å². The number of nitrogens with two attached hydrogens (primary N) is 1. The molecule has 1 saturated carbocycles. The van der Waals surface area contributed by atoms with Gasteiger partial charge in [-0.15, -0.1) is 0 Å². The molecular weight excluding hydrogens is 152 g/mol. The van der Waals surface area contributed by atoms with Gasteiger partial charge in [0.1, 0.15) is 0 Å².